The lowest BCUT2D eigenvalue weighted by Gasteiger charge is -2.12. The normalized spacial score (nSPS) is 13.7. The molecule has 1 aliphatic rings. The largest absolute Gasteiger partial charge is 0.452 e. The number of imide groups is 1. The van der Waals surface area contributed by atoms with E-state index in [9.17, 15) is 32.3 Å². The average molecular weight is 435 g/mol. The molecule has 1 heterocycles. The first-order valence-corrected chi connectivity index (χ1v) is 8.95. The number of halogens is 3. The van der Waals surface area contributed by atoms with Crippen molar-refractivity contribution in [2.45, 2.75) is 12.7 Å². The molecule has 4 amide bonds. The molecule has 1 aliphatic heterocycles. The number of nitrogens with one attached hydrogen (secondary N) is 2. The highest BCUT2D eigenvalue weighted by atomic mass is 19.4. The number of amides is 4. The van der Waals surface area contributed by atoms with Gasteiger partial charge in [-0.2, -0.15) is 13.2 Å². The van der Waals surface area contributed by atoms with Gasteiger partial charge in [-0.1, -0.05) is 18.2 Å². The molecular weight excluding hydrogens is 419 g/mol. The van der Waals surface area contributed by atoms with Gasteiger partial charge in [0, 0.05) is 5.69 Å². The number of benzene rings is 2. The minimum absolute atomic E-state index is 0.0411. The average Bonchev–Trinajstić information content (AvgIpc) is 3.04. The smallest absolute Gasteiger partial charge is 0.416 e. The number of carbonyl (C=O) groups is 4. The zero-order valence-electron chi connectivity index (χ0n) is 15.9. The number of hydrogen-bond donors (Lipinski definition) is 2. The highest BCUT2D eigenvalue weighted by molar-refractivity contribution is 6.01. The zero-order valence-corrected chi connectivity index (χ0v) is 15.9. The summed E-state index contributed by atoms with van der Waals surface area (Å²) in [5.41, 5.74) is -0.284. The second kappa shape index (κ2) is 8.86. The van der Waals surface area contributed by atoms with Crippen LogP contribution in [-0.4, -0.2) is 41.9 Å². The highest BCUT2D eigenvalue weighted by Crippen LogP contribution is 2.30. The molecule has 1 saturated heterocycles. The molecule has 2 N–H and O–H groups in total. The fourth-order valence-electron chi connectivity index (χ4n) is 2.73. The molecule has 2 aromatic rings. The Balaban J connectivity index is 1.52. The summed E-state index contributed by atoms with van der Waals surface area (Å²) in [4.78, 5) is 48.1. The molecule has 0 aliphatic carbocycles. The summed E-state index contributed by atoms with van der Waals surface area (Å²) in [5, 5.41) is 4.62. The van der Waals surface area contributed by atoms with E-state index in [0.29, 0.717) is 5.56 Å². The van der Waals surface area contributed by atoms with Crippen molar-refractivity contribution in [3.8, 4) is 0 Å². The van der Waals surface area contributed by atoms with Gasteiger partial charge >= 0.3 is 18.2 Å². The van der Waals surface area contributed by atoms with Crippen molar-refractivity contribution >= 4 is 29.5 Å². The van der Waals surface area contributed by atoms with Crippen LogP contribution < -0.4 is 10.6 Å². The van der Waals surface area contributed by atoms with Crippen molar-refractivity contribution in [3.05, 3.63) is 65.2 Å². The number of ether oxygens (including phenoxy) is 1. The Labute approximate surface area is 174 Å². The van der Waals surface area contributed by atoms with Crippen LogP contribution >= 0.6 is 0 Å². The summed E-state index contributed by atoms with van der Waals surface area (Å²) in [7, 11) is 0. The number of urea groups is 1. The molecule has 11 heteroatoms. The van der Waals surface area contributed by atoms with E-state index in [4.69, 9.17) is 4.74 Å². The second-order valence-electron chi connectivity index (χ2n) is 6.54. The maximum atomic E-state index is 12.7. The number of carbonyl (C=O) groups excluding carboxylic acids is 4. The summed E-state index contributed by atoms with van der Waals surface area (Å²) in [5.74, 6) is -1.98. The Morgan fingerprint density at radius 3 is 2.42 bits per heavy atom. The Bertz CT molecular complexity index is 1010. The fourth-order valence-corrected chi connectivity index (χ4v) is 2.73. The van der Waals surface area contributed by atoms with E-state index in [1.165, 1.54) is 30.3 Å². The van der Waals surface area contributed by atoms with Crippen molar-refractivity contribution in [3.63, 3.8) is 0 Å². The van der Waals surface area contributed by atoms with Crippen LogP contribution in [0.3, 0.4) is 0 Å². The lowest BCUT2D eigenvalue weighted by Crippen LogP contribution is -2.30. The third-order valence-electron chi connectivity index (χ3n) is 4.28. The van der Waals surface area contributed by atoms with Gasteiger partial charge in [-0.25, -0.2) is 9.59 Å². The van der Waals surface area contributed by atoms with Gasteiger partial charge < -0.3 is 15.4 Å². The Morgan fingerprint density at radius 2 is 1.81 bits per heavy atom. The summed E-state index contributed by atoms with van der Waals surface area (Å²) < 4.78 is 43.0. The maximum absolute atomic E-state index is 12.7. The predicted octanol–water partition coefficient (Wildman–Crippen LogP) is 2.55. The van der Waals surface area contributed by atoms with E-state index in [0.717, 1.165) is 23.1 Å². The molecule has 0 spiro atoms. The minimum Gasteiger partial charge on any atom is -0.452 e. The number of nitrogens with zero attached hydrogens (tertiary/aromatic N) is 1. The maximum Gasteiger partial charge on any atom is 0.416 e. The quantitative estimate of drug-likeness (QED) is 0.536. The molecule has 31 heavy (non-hydrogen) atoms. The van der Waals surface area contributed by atoms with Crippen molar-refractivity contribution < 1.29 is 37.1 Å². The van der Waals surface area contributed by atoms with Crippen LogP contribution in [0.1, 0.15) is 21.5 Å². The molecule has 0 saturated carbocycles. The van der Waals surface area contributed by atoms with Crippen LogP contribution in [-0.2, 0) is 27.0 Å². The molecule has 0 radical (unpaired) electrons. The lowest BCUT2D eigenvalue weighted by molar-refractivity contribution is -0.137. The van der Waals surface area contributed by atoms with E-state index in [2.05, 4.69) is 10.6 Å². The molecular formula is C20H16F3N3O5. The van der Waals surface area contributed by atoms with Gasteiger partial charge in [0.25, 0.3) is 5.91 Å². The third-order valence-corrected chi connectivity index (χ3v) is 4.28. The summed E-state index contributed by atoms with van der Waals surface area (Å²) in [6.45, 7) is -0.718. The van der Waals surface area contributed by atoms with Gasteiger partial charge in [0.05, 0.1) is 24.2 Å². The van der Waals surface area contributed by atoms with E-state index < -0.39 is 36.3 Å². The van der Waals surface area contributed by atoms with Crippen molar-refractivity contribution in [2.75, 3.05) is 18.5 Å². The van der Waals surface area contributed by atoms with Crippen molar-refractivity contribution in [1.82, 2.24) is 10.2 Å². The van der Waals surface area contributed by atoms with Crippen molar-refractivity contribution in [2.24, 2.45) is 0 Å². The fraction of sp³-hybridized carbons (Fsp3) is 0.200. The van der Waals surface area contributed by atoms with E-state index in [-0.39, 0.29) is 30.2 Å². The number of alkyl halides is 3. The summed E-state index contributed by atoms with van der Waals surface area (Å²) in [6.07, 6.45) is -4.55. The first-order valence-electron chi connectivity index (χ1n) is 8.95. The molecule has 8 nitrogen and oxygen atoms in total. The van der Waals surface area contributed by atoms with Crippen LogP contribution in [0.2, 0.25) is 0 Å². The monoisotopic (exact) mass is 435 g/mol. The van der Waals surface area contributed by atoms with Crippen LogP contribution in [0.25, 0.3) is 0 Å². The van der Waals surface area contributed by atoms with Crippen LogP contribution in [0.15, 0.2) is 48.5 Å². The van der Waals surface area contributed by atoms with Gasteiger partial charge in [0.1, 0.15) is 0 Å². The Morgan fingerprint density at radius 1 is 1.10 bits per heavy atom. The van der Waals surface area contributed by atoms with Gasteiger partial charge in [-0.05, 0) is 35.9 Å². The third kappa shape index (κ3) is 5.59. The van der Waals surface area contributed by atoms with Gasteiger partial charge in [-0.3, -0.25) is 14.5 Å². The van der Waals surface area contributed by atoms with Crippen molar-refractivity contribution in [1.29, 1.82) is 0 Å². The Hall–Kier alpha value is -3.89. The van der Waals surface area contributed by atoms with E-state index >= 15 is 0 Å². The highest BCUT2D eigenvalue weighted by Gasteiger charge is 2.30. The minimum atomic E-state index is -4.55. The first-order chi connectivity index (χ1) is 14.6. The van der Waals surface area contributed by atoms with Crippen LogP contribution in [0.5, 0.6) is 0 Å². The number of hydrogen-bond acceptors (Lipinski definition) is 5. The van der Waals surface area contributed by atoms with E-state index in [1.54, 1.807) is 0 Å². The summed E-state index contributed by atoms with van der Waals surface area (Å²) in [6, 6.07) is 9.41. The SMILES string of the molecule is O=C(COC(=O)c1ccc(CN2C(=O)CNC2=O)cc1)Nc1cccc(C(F)(F)F)c1. The first kappa shape index (κ1) is 21.8. The van der Waals surface area contributed by atoms with Crippen LogP contribution in [0.4, 0.5) is 23.7 Å². The molecule has 0 aromatic heterocycles. The van der Waals surface area contributed by atoms with Gasteiger partial charge in [0.2, 0.25) is 5.91 Å². The molecule has 162 valence electrons. The number of esters is 1. The predicted molar refractivity (Wildman–Crippen MR) is 101 cm³/mol. The number of anilines is 1. The lowest BCUT2D eigenvalue weighted by atomic mass is 10.1. The molecule has 3 rings (SSSR count). The number of rotatable bonds is 6. The molecule has 0 atom stereocenters. The molecule has 0 unspecified atom stereocenters. The molecule has 0 bridgehead atoms. The standard InChI is InChI=1S/C20H16F3N3O5/c21-20(22,23)14-2-1-3-15(8-14)25-16(27)11-31-18(29)13-6-4-12(5-7-13)10-26-17(28)9-24-19(26)30/h1-8H,9-11H2,(H,24,30)(H,25,27). The van der Waals surface area contributed by atoms with E-state index in [1.807, 2.05) is 0 Å². The molecule has 2 aromatic carbocycles. The zero-order chi connectivity index (χ0) is 22.6. The van der Waals surface area contributed by atoms with Gasteiger partial charge in [-0.15, -0.1) is 0 Å². The van der Waals surface area contributed by atoms with Gasteiger partial charge in [0.15, 0.2) is 6.61 Å². The Kier molecular flexibility index (Phi) is 6.23. The molecule has 1 fully saturated rings. The van der Waals surface area contributed by atoms with Crippen LogP contribution in [0, 0.1) is 0 Å². The second-order valence-corrected chi connectivity index (χ2v) is 6.54. The topological polar surface area (TPSA) is 105 Å². The summed E-state index contributed by atoms with van der Waals surface area (Å²) >= 11 is 0.